The molecular weight excluding hydrogens is 268 g/mol. The van der Waals surface area contributed by atoms with Gasteiger partial charge in [0.15, 0.2) is 0 Å². The Labute approximate surface area is 125 Å². The van der Waals surface area contributed by atoms with Crippen molar-refractivity contribution in [2.75, 3.05) is 31.6 Å². The Morgan fingerprint density at radius 2 is 2.19 bits per heavy atom. The van der Waals surface area contributed by atoms with Crippen LogP contribution >= 0.6 is 0 Å². The fourth-order valence-corrected chi connectivity index (χ4v) is 2.85. The van der Waals surface area contributed by atoms with Crippen LogP contribution in [0.5, 0.6) is 5.75 Å². The molecule has 0 spiro atoms. The summed E-state index contributed by atoms with van der Waals surface area (Å²) in [7, 11) is 1.71. The lowest BCUT2D eigenvalue weighted by atomic mass is 9.99. The van der Waals surface area contributed by atoms with Gasteiger partial charge in [0, 0.05) is 18.8 Å². The van der Waals surface area contributed by atoms with Crippen LogP contribution in [0.15, 0.2) is 24.3 Å². The van der Waals surface area contributed by atoms with Crippen LogP contribution < -0.4 is 15.0 Å². The molecule has 116 valence electrons. The first-order chi connectivity index (χ1) is 10.1. The first-order valence-corrected chi connectivity index (χ1v) is 7.52. The zero-order chi connectivity index (χ0) is 15.2. The zero-order valence-electron chi connectivity index (χ0n) is 12.7. The molecule has 1 fully saturated rings. The summed E-state index contributed by atoms with van der Waals surface area (Å²) in [5.74, 6) is 0.542. The van der Waals surface area contributed by atoms with Gasteiger partial charge in [-0.1, -0.05) is 0 Å². The minimum atomic E-state index is -0.767. The predicted octanol–water partition coefficient (Wildman–Crippen LogP) is 1.97. The van der Waals surface area contributed by atoms with Crippen LogP contribution in [0.3, 0.4) is 0 Å². The summed E-state index contributed by atoms with van der Waals surface area (Å²) in [5.41, 5.74) is 1.18. The molecule has 0 saturated carbocycles. The Hall–Kier alpha value is -1.75. The fraction of sp³-hybridized carbons (Fsp3) is 0.562. The molecule has 2 atom stereocenters. The highest BCUT2D eigenvalue weighted by atomic mass is 16.5. The lowest BCUT2D eigenvalue weighted by molar-refractivity contribution is -0.139. The van der Waals surface area contributed by atoms with Crippen molar-refractivity contribution in [3.05, 3.63) is 24.3 Å². The Balaban J connectivity index is 1.91. The van der Waals surface area contributed by atoms with Gasteiger partial charge in [-0.25, -0.2) is 0 Å². The molecule has 2 unspecified atom stereocenters. The van der Waals surface area contributed by atoms with Gasteiger partial charge in [-0.3, -0.25) is 4.79 Å². The number of ether oxygens (including phenoxy) is 1. The van der Waals surface area contributed by atoms with Gasteiger partial charge in [-0.15, -0.1) is 0 Å². The predicted molar refractivity (Wildman–Crippen MR) is 83.0 cm³/mol. The first kappa shape index (κ1) is 15.6. The van der Waals surface area contributed by atoms with Crippen molar-refractivity contribution in [3.63, 3.8) is 0 Å². The van der Waals surface area contributed by atoms with Gasteiger partial charge >= 0.3 is 5.97 Å². The van der Waals surface area contributed by atoms with Gasteiger partial charge in [-0.05, 0) is 57.0 Å². The van der Waals surface area contributed by atoms with Crippen molar-refractivity contribution in [1.29, 1.82) is 0 Å². The Kier molecular flexibility index (Phi) is 5.44. The van der Waals surface area contributed by atoms with Crippen LogP contribution in [0.4, 0.5) is 5.69 Å². The number of hydrogen-bond acceptors (Lipinski definition) is 4. The maximum Gasteiger partial charge on any atom is 0.320 e. The lowest BCUT2D eigenvalue weighted by Gasteiger charge is -2.20. The molecule has 5 heteroatoms. The molecular formula is C16H24N2O3. The quantitative estimate of drug-likeness (QED) is 0.804. The number of hydrogen-bond donors (Lipinski definition) is 2. The normalized spacial score (nSPS) is 19.5. The second kappa shape index (κ2) is 7.31. The summed E-state index contributed by atoms with van der Waals surface area (Å²) in [5, 5.41) is 12.0. The van der Waals surface area contributed by atoms with Crippen LogP contribution in [0, 0.1) is 5.92 Å². The molecule has 0 aliphatic carbocycles. The molecule has 0 bridgehead atoms. The van der Waals surface area contributed by atoms with Gasteiger partial charge in [0.1, 0.15) is 11.8 Å². The van der Waals surface area contributed by atoms with Crippen LogP contribution in [0.2, 0.25) is 0 Å². The Bertz CT molecular complexity index is 461. The number of anilines is 1. The highest BCUT2D eigenvalue weighted by Gasteiger charge is 2.27. The molecule has 0 radical (unpaired) electrons. The second-order valence-corrected chi connectivity index (χ2v) is 5.44. The van der Waals surface area contributed by atoms with Crippen molar-refractivity contribution < 1.29 is 14.6 Å². The van der Waals surface area contributed by atoms with E-state index in [0.29, 0.717) is 18.9 Å². The molecule has 1 aliphatic rings. The van der Waals surface area contributed by atoms with E-state index in [0.717, 1.165) is 25.3 Å². The van der Waals surface area contributed by atoms with E-state index in [4.69, 9.17) is 9.84 Å². The summed E-state index contributed by atoms with van der Waals surface area (Å²) in [6.07, 6.45) is 1.72. The lowest BCUT2D eigenvalue weighted by Crippen LogP contribution is -2.36. The molecule has 1 aromatic rings. The topological polar surface area (TPSA) is 61.8 Å². The fourth-order valence-electron chi connectivity index (χ4n) is 2.85. The third-order valence-corrected chi connectivity index (χ3v) is 4.01. The van der Waals surface area contributed by atoms with Gasteiger partial charge in [0.2, 0.25) is 0 Å². The van der Waals surface area contributed by atoms with Gasteiger partial charge in [0.05, 0.1) is 6.61 Å². The van der Waals surface area contributed by atoms with Crippen LogP contribution in [-0.4, -0.2) is 43.9 Å². The molecule has 21 heavy (non-hydrogen) atoms. The average molecular weight is 292 g/mol. The molecule has 1 saturated heterocycles. The van der Waals surface area contributed by atoms with E-state index in [-0.39, 0.29) is 0 Å². The molecule has 1 aromatic carbocycles. The number of aliphatic carboxylic acids is 1. The SMILES string of the molecule is CCOc1ccc(N2CCC(CC(NC)C(=O)O)C2)cc1. The summed E-state index contributed by atoms with van der Waals surface area (Å²) in [6.45, 7) is 4.54. The number of carboxylic acid groups (broad SMARTS) is 1. The minimum Gasteiger partial charge on any atom is -0.494 e. The number of rotatable bonds is 7. The van der Waals surface area contributed by atoms with E-state index in [2.05, 4.69) is 22.3 Å². The second-order valence-electron chi connectivity index (χ2n) is 5.44. The van der Waals surface area contributed by atoms with Gasteiger partial charge < -0.3 is 20.1 Å². The number of carbonyl (C=O) groups is 1. The molecule has 5 nitrogen and oxygen atoms in total. The largest absolute Gasteiger partial charge is 0.494 e. The zero-order valence-corrected chi connectivity index (χ0v) is 12.7. The van der Waals surface area contributed by atoms with E-state index in [9.17, 15) is 4.79 Å². The average Bonchev–Trinajstić information content (AvgIpc) is 2.94. The summed E-state index contributed by atoms with van der Waals surface area (Å²) < 4.78 is 5.45. The number of nitrogens with zero attached hydrogens (tertiary/aromatic N) is 1. The maximum absolute atomic E-state index is 11.1. The Morgan fingerprint density at radius 3 is 2.76 bits per heavy atom. The third-order valence-electron chi connectivity index (χ3n) is 4.01. The Morgan fingerprint density at radius 1 is 1.48 bits per heavy atom. The third kappa shape index (κ3) is 4.11. The molecule has 0 aromatic heterocycles. The summed E-state index contributed by atoms with van der Waals surface area (Å²) >= 11 is 0. The van der Waals surface area contributed by atoms with Crippen molar-refractivity contribution in [2.24, 2.45) is 5.92 Å². The van der Waals surface area contributed by atoms with E-state index in [1.54, 1.807) is 7.05 Å². The molecule has 1 aliphatic heterocycles. The van der Waals surface area contributed by atoms with Gasteiger partial charge in [0.25, 0.3) is 0 Å². The maximum atomic E-state index is 11.1. The number of carboxylic acids is 1. The van der Waals surface area contributed by atoms with Crippen LogP contribution in [-0.2, 0) is 4.79 Å². The minimum absolute atomic E-state index is 0.421. The molecule has 2 rings (SSSR count). The van der Waals surface area contributed by atoms with Gasteiger partial charge in [-0.2, -0.15) is 0 Å². The van der Waals surface area contributed by atoms with Crippen molar-refractivity contribution in [2.45, 2.75) is 25.8 Å². The summed E-state index contributed by atoms with van der Waals surface area (Å²) in [6, 6.07) is 7.66. The van der Waals surface area contributed by atoms with Crippen LogP contribution in [0.25, 0.3) is 0 Å². The summed E-state index contributed by atoms with van der Waals surface area (Å²) in [4.78, 5) is 13.4. The number of nitrogens with one attached hydrogen (secondary N) is 1. The van der Waals surface area contributed by atoms with Crippen molar-refractivity contribution >= 4 is 11.7 Å². The van der Waals surface area contributed by atoms with Crippen LogP contribution in [0.1, 0.15) is 19.8 Å². The van der Waals surface area contributed by atoms with E-state index < -0.39 is 12.0 Å². The number of benzene rings is 1. The van der Waals surface area contributed by atoms with E-state index in [1.165, 1.54) is 5.69 Å². The molecule has 2 N–H and O–H groups in total. The van der Waals surface area contributed by atoms with E-state index in [1.807, 2.05) is 19.1 Å². The standard InChI is InChI=1S/C16H24N2O3/c1-3-21-14-6-4-13(5-7-14)18-9-8-12(11-18)10-15(17-2)16(19)20/h4-7,12,15,17H,3,8-11H2,1-2H3,(H,19,20). The molecule has 1 heterocycles. The number of likely N-dealkylation sites (N-methyl/N-ethyl adjacent to an activating group) is 1. The van der Waals surface area contributed by atoms with E-state index >= 15 is 0 Å². The monoisotopic (exact) mass is 292 g/mol. The van der Waals surface area contributed by atoms with Crippen molar-refractivity contribution in [1.82, 2.24) is 5.32 Å². The van der Waals surface area contributed by atoms with Crippen molar-refractivity contribution in [3.8, 4) is 5.75 Å². The smallest absolute Gasteiger partial charge is 0.320 e. The first-order valence-electron chi connectivity index (χ1n) is 7.52. The highest BCUT2D eigenvalue weighted by molar-refractivity contribution is 5.73. The molecule has 0 amide bonds. The highest BCUT2D eigenvalue weighted by Crippen LogP contribution is 2.28.